The van der Waals surface area contributed by atoms with Crippen molar-refractivity contribution in [2.24, 2.45) is 0 Å². The summed E-state index contributed by atoms with van der Waals surface area (Å²) in [4.78, 5) is 15.4. The molecule has 2 aromatic rings. The zero-order valence-corrected chi connectivity index (χ0v) is 10.3. The highest BCUT2D eigenvalue weighted by molar-refractivity contribution is 6.29. The highest BCUT2D eigenvalue weighted by atomic mass is 35.5. The van der Waals surface area contributed by atoms with Crippen LogP contribution in [0.25, 0.3) is 0 Å². The molecule has 0 saturated heterocycles. The molecule has 1 aromatic carbocycles. The Balaban J connectivity index is 1.86. The molecule has 4 nitrogen and oxygen atoms in total. The van der Waals surface area contributed by atoms with Gasteiger partial charge in [0, 0.05) is 18.4 Å². The number of urea groups is 1. The van der Waals surface area contributed by atoms with Gasteiger partial charge in [0.2, 0.25) is 0 Å². The fourth-order valence-corrected chi connectivity index (χ4v) is 1.61. The van der Waals surface area contributed by atoms with Crippen molar-refractivity contribution < 1.29 is 4.79 Å². The number of pyridine rings is 1. The second kappa shape index (κ2) is 6.02. The first kappa shape index (κ1) is 12.4. The molecule has 0 aliphatic rings. The minimum Gasteiger partial charge on any atom is -0.334 e. The maximum absolute atomic E-state index is 11.6. The lowest BCUT2D eigenvalue weighted by molar-refractivity contribution is 0.251. The fourth-order valence-electron chi connectivity index (χ4n) is 1.43. The molecule has 1 heterocycles. The van der Waals surface area contributed by atoms with Gasteiger partial charge >= 0.3 is 6.03 Å². The molecule has 0 fully saturated rings. The van der Waals surface area contributed by atoms with Crippen LogP contribution in [0.3, 0.4) is 0 Å². The number of carbonyl (C=O) groups is 1. The van der Waals surface area contributed by atoms with Gasteiger partial charge in [-0.05, 0) is 17.7 Å². The third-order valence-corrected chi connectivity index (χ3v) is 2.49. The number of anilines is 1. The monoisotopic (exact) mass is 261 g/mol. The predicted octanol–water partition coefficient (Wildman–Crippen LogP) is 3.06. The van der Waals surface area contributed by atoms with Crippen molar-refractivity contribution in [3.63, 3.8) is 0 Å². The van der Waals surface area contributed by atoms with Gasteiger partial charge in [-0.3, -0.25) is 0 Å². The van der Waals surface area contributed by atoms with Gasteiger partial charge < -0.3 is 10.6 Å². The van der Waals surface area contributed by atoms with Crippen LogP contribution < -0.4 is 10.6 Å². The first-order valence-electron chi connectivity index (χ1n) is 5.44. The van der Waals surface area contributed by atoms with Gasteiger partial charge in [0.1, 0.15) is 5.15 Å². The van der Waals surface area contributed by atoms with Gasteiger partial charge in [-0.15, -0.1) is 0 Å². The molecule has 18 heavy (non-hydrogen) atoms. The zero-order chi connectivity index (χ0) is 12.8. The van der Waals surface area contributed by atoms with E-state index in [1.54, 1.807) is 12.1 Å². The van der Waals surface area contributed by atoms with Crippen molar-refractivity contribution in [2.45, 2.75) is 6.54 Å². The van der Waals surface area contributed by atoms with Gasteiger partial charge in [0.25, 0.3) is 0 Å². The second-order valence-electron chi connectivity index (χ2n) is 3.66. The van der Waals surface area contributed by atoms with Crippen LogP contribution >= 0.6 is 11.6 Å². The van der Waals surface area contributed by atoms with E-state index < -0.39 is 0 Å². The van der Waals surface area contributed by atoms with E-state index in [2.05, 4.69) is 15.6 Å². The normalized spacial score (nSPS) is 9.83. The number of hydrogen-bond acceptors (Lipinski definition) is 2. The maximum atomic E-state index is 11.6. The highest BCUT2D eigenvalue weighted by Gasteiger charge is 2.02. The molecule has 0 unspecified atom stereocenters. The van der Waals surface area contributed by atoms with Crippen LogP contribution in [0.15, 0.2) is 48.7 Å². The van der Waals surface area contributed by atoms with Crippen LogP contribution in [0.1, 0.15) is 5.56 Å². The average Bonchev–Trinajstić information content (AvgIpc) is 2.38. The summed E-state index contributed by atoms with van der Waals surface area (Å²) in [7, 11) is 0. The molecule has 0 spiro atoms. The summed E-state index contributed by atoms with van der Waals surface area (Å²) in [5.41, 5.74) is 1.65. The number of aromatic nitrogens is 1. The largest absolute Gasteiger partial charge is 0.334 e. The standard InChI is InChI=1S/C13H12ClN3O/c14-12-8-11(6-7-15-12)17-13(18)16-9-10-4-2-1-3-5-10/h1-8H,9H2,(H2,15,16,17,18). The van der Waals surface area contributed by atoms with E-state index in [0.29, 0.717) is 17.4 Å². The molecule has 5 heteroatoms. The van der Waals surface area contributed by atoms with Gasteiger partial charge in [-0.25, -0.2) is 9.78 Å². The molecule has 0 aliphatic carbocycles. The van der Waals surface area contributed by atoms with Gasteiger partial charge in [-0.2, -0.15) is 0 Å². The summed E-state index contributed by atoms with van der Waals surface area (Å²) in [6, 6.07) is 12.7. The van der Waals surface area contributed by atoms with Crippen LogP contribution in [-0.4, -0.2) is 11.0 Å². The van der Waals surface area contributed by atoms with Crippen LogP contribution in [0.2, 0.25) is 5.15 Å². The zero-order valence-electron chi connectivity index (χ0n) is 9.56. The minimum atomic E-state index is -0.277. The van der Waals surface area contributed by atoms with E-state index in [-0.39, 0.29) is 6.03 Å². The second-order valence-corrected chi connectivity index (χ2v) is 4.05. The number of amides is 2. The Labute approximate surface area is 110 Å². The molecular formula is C13H12ClN3O. The number of benzene rings is 1. The van der Waals surface area contributed by atoms with Crippen molar-refractivity contribution in [1.82, 2.24) is 10.3 Å². The summed E-state index contributed by atoms with van der Waals surface area (Å²) in [5.74, 6) is 0. The SMILES string of the molecule is O=C(NCc1ccccc1)Nc1ccnc(Cl)c1. The molecule has 0 bridgehead atoms. The summed E-state index contributed by atoms with van der Waals surface area (Å²) < 4.78 is 0. The molecule has 2 amide bonds. The van der Waals surface area contributed by atoms with Crippen LogP contribution in [0.5, 0.6) is 0 Å². The molecule has 92 valence electrons. The van der Waals surface area contributed by atoms with Crippen LogP contribution in [0.4, 0.5) is 10.5 Å². The van der Waals surface area contributed by atoms with Gasteiger partial charge in [0.15, 0.2) is 0 Å². The molecule has 0 atom stereocenters. The smallest absolute Gasteiger partial charge is 0.319 e. The van der Waals surface area contributed by atoms with Crippen LogP contribution in [-0.2, 0) is 6.54 Å². The van der Waals surface area contributed by atoms with Crippen molar-refractivity contribution >= 4 is 23.3 Å². The van der Waals surface area contributed by atoms with Gasteiger partial charge in [0.05, 0.1) is 0 Å². The van der Waals surface area contributed by atoms with Crippen molar-refractivity contribution in [3.05, 3.63) is 59.4 Å². The van der Waals surface area contributed by atoms with E-state index in [9.17, 15) is 4.79 Å². The van der Waals surface area contributed by atoms with Crippen molar-refractivity contribution in [3.8, 4) is 0 Å². The number of halogens is 1. The first-order chi connectivity index (χ1) is 8.74. The Morgan fingerprint density at radius 3 is 2.72 bits per heavy atom. The van der Waals surface area contributed by atoms with E-state index in [1.807, 2.05) is 30.3 Å². The molecule has 0 radical (unpaired) electrons. The topological polar surface area (TPSA) is 54.0 Å². The van der Waals surface area contributed by atoms with E-state index in [4.69, 9.17) is 11.6 Å². The number of nitrogens with zero attached hydrogens (tertiary/aromatic N) is 1. The third kappa shape index (κ3) is 3.75. The highest BCUT2D eigenvalue weighted by Crippen LogP contribution is 2.11. The summed E-state index contributed by atoms with van der Waals surface area (Å²) in [6.45, 7) is 0.478. The minimum absolute atomic E-state index is 0.277. The average molecular weight is 262 g/mol. The Morgan fingerprint density at radius 2 is 2.00 bits per heavy atom. The lowest BCUT2D eigenvalue weighted by Crippen LogP contribution is -2.28. The summed E-state index contributed by atoms with van der Waals surface area (Å²) in [6.07, 6.45) is 1.54. The molecular weight excluding hydrogens is 250 g/mol. The van der Waals surface area contributed by atoms with Crippen LogP contribution in [0, 0.1) is 0 Å². The quantitative estimate of drug-likeness (QED) is 0.835. The lowest BCUT2D eigenvalue weighted by Gasteiger charge is -2.07. The number of carbonyl (C=O) groups excluding carboxylic acids is 1. The van der Waals surface area contributed by atoms with Crippen molar-refractivity contribution in [1.29, 1.82) is 0 Å². The van der Waals surface area contributed by atoms with Gasteiger partial charge in [-0.1, -0.05) is 41.9 Å². The molecule has 0 aliphatic heterocycles. The lowest BCUT2D eigenvalue weighted by atomic mass is 10.2. The molecule has 1 aromatic heterocycles. The fraction of sp³-hybridized carbons (Fsp3) is 0.0769. The number of hydrogen-bond donors (Lipinski definition) is 2. The first-order valence-corrected chi connectivity index (χ1v) is 5.82. The van der Waals surface area contributed by atoms with Crippen molar-refractivity contribution in [2.75, 3.05) is 5.32 Å². The maximum Gasteiger partial charge on any atom is 0.319 e. The predicted molar refractivity (Wildman–Crippen MR) is 71.5 cm³/mol. The van der Waals surface area contributed by atoms with E-state index >= 15 is 0 Å². The number of nitrogens with one attached hydrogen (secondary N) is 2. The summed E-state index contributed by atoms with van der Waals surface area (Å²) in [5, 5.41) is 5.78. The Hall–Kier alpha value is -2.07. The Kier molecular flexibility index (Phi) is 4.15. The molecule has 0 saturated carbocycles. The third-order valence-electron chi connectivity index (χ3n) is 2.28. The summed E-state index contributed by atoms with van der Waals surface area (Å²) >= 11 is 5.72. The van der Waals surface area contributed by atoms with E-state index in [1.165, 1.54) is 6.20 Å². The molecule has 2 rings (SSSR count). The van der Waals surface area contributed by atoms with E-state index in [0.717, 1.165) is 5.56 Å². The Morgan fingerprint density at radius 1 is 1.22 bits per heavy atom. The Bertz CT molecular complexity index is 531. The molecule has 2 N–H and O–H groups in total. The number of rotatable bonds is 3.